The monoisotopic (exact) mass is 1080 g/mol. The molecule has 0 aromatic carbocycles. The SMILES string of the molecule is CCCCCC/C=C\C/C=C\CCCCCCCCCC(=O)OCCCCCCCC/C=C\CCCCCCCCCC(=O)NC(CO)C(O)CCCCCCCCCCCCCCCCCCCCCCCCCCC. The summed E-state index contributed by atoms with van der Waals surface area (Å²) in [4.78, 5) is 24.6. The van der Waals surface area contributed by atoms with Gasteiger partial charge in [-0.15, -0.1) is 0 Å². The third-order valence-corrected chi connectivity index (χ3v) is 16.2. The summed E-state index contributed by atoms with van der Waals surface area (Å²) in [6.45, 7) is 4.94. The molecule has 0 aliphatic carbocycles. The van der Waals surface area contributed by atoms with E-state index in [9.17, 15) is 19.8 Å². The molecular formula is C71H135NO5. The summed E-state index contributed by atoms with van der Waals surface area (Å²) in [5.74, 6) is -0.0516. The molecule has 0 fully saturated rings. The Morgan fingerprint density at radius 1 is 0.364 bits per heavy atom. The molecule has 0 radical (unpaired) electrons. The Labute approximate surface area is 481 Å². The normalized spacial score (nSPS) is 12.7. The molecule has 454 valence electrons. The molecular weight excluding hydrogens is 947 g/mol. The van der Waals surface area contributed by atoms with Crippen LogP contribution >= 0.6 is 0 Å². The minimum absolute atomic E-state index is 0.00823. The minimum atomic E-state index is -0.675. The van der Waals surface area contributed by atoms with Crippen LogP contribution in [0.2, 0.25) is 0 Å². The van der Waals surface area contributed by atoms with Gasteiger partial charge in [0.15, 0.2) is 0 Å². The molecule has 1 amide bonds. The second-order valence-electron chi connectivity index (χ2n) is 23.9. The van der Waals surface area contributed by atoms with Gasteiger partial charge in [0.2, 0.25) is 5.91 Å². The van der Waals surface area contributed by atoms with Gasteiger partial charge in [-0.05, 0) is 83.5 Å². The molecule has 0 aliphatic rings. The van der Waals surface area contributed by atoms with E-state index in [0.29, 0.717) is 25.9 Å². The Balaban J connectivity index is 3.44. The first kappa shape index (κ1) is 75.1. The van der Waals surface area contributed by atoms with E-state index in [0.717, 1.165) is 64.2 Å². The number of amides is 1. The highest BCUT2D eigenvalue weighted by atomic mass is 16.5. The maximum absolute atomic E-state index is 12.6. The average molecular weight is 1080 g/mol. The highest BCUT2D eigenvalue weighted by Gasteiger charge is 2.20. The lowest BCUT2D eigenvalue weighted by atomic mass is 10.0. The van der Waals surface area contributed by atoms with E-state index in [-0.39, 0.29) is 18.5 Å². The maximum atomic E-state index is 12.6. The van der Waals surface area contributed by atoms with Crippen molar-refractivity contribution < 1.29 is 24.5 Å². The molecule has 3 N–H and O–H groups in total. The molecule has 0 aromatic rings. The van der Waals surface area contributed by atoms with E-state index in [2.05, 4.69) is 55.6 Å². The van der Waals surface area contributed by atoms with Crippen molar-refractivity contribution in [2.45, 2.75) is 392 Å². The van der Waals surface area contributed by atoms with Crippen molar-refractivity contribution in [3.05, 3.63) is 36.5 Å². The lowest BCUT2D eigenvalue weighted by molar-refractivity contribution is -0.143. The Morgan fingerprint density at radius 3 is 1.01 bits per heavy atom. The van der Waals surface area contributed by atoms with Gasteiger partial charge in [-0.25, -0.2) is 0 Å². The Bertz CT molecular complexity index is 1250. The molecule has 0 heterocycles. The van der Waals surface area contributed by atoms with Gasteiger partial charge in [-0.3, -0.25) is 9.59 Å². The van der Waals surface area contributed by atoms with Crippen LogP contribution in [-0.4, -0.2) is 47.4 Å². The van der Waals surface area contributed by atoms with Crippen molar-refractivity contribution in [3.8, 4) is 0 Å². The van der Waals surface area contributed by atoms with Crippen molar-refractivity contribution in [1.29, 1.82) is 0 Å². The predicted octanol–water partition coefficient (Wildman–Crippen LogP) is 22.3. The van der Waals surface area contributed by atoms with Crippen molar-refractivity contribution in [2.24, 2.45) is 0 Å². The molecule has 0 aliphatic heterocycles. The molecule has 0 aromatic heterocycles. The summed E-state index contributed by atoms with van der Waals surface area (Å²) in [5.41, 5.74) is 0. The number of hydrogen-bond acceptors (Lipinski definition) is 5. The number of esters is 1. The molecule has 0 spiro atoms. The van der Waals surface area contributed by atoms with Gasteiger partial charge in [0.25, 0.3) is 0 Å². The van der Waals surface area contributed by atoms with E-state index >= 15 is 0 Å². The molecule has 2 unspecified atom stereocenters. The smallest absolute Gasteiger partial charge is 0.305 e. The van der Waals surface area contributed by atoms with Crippen LogP contribution in [0.1, 0.15) is 380 Å². The fourth-order valence-electron chi connectivity index (χ4n) is 10.8. The molecule has 0 saturated carbocycles. The van der Waals surface area contributed by atoms with Crippen LogP contribution in [-0.2, 0) is 14.3 Å². The quantitative estimate of drug-likeness (QED) is 0.0320. The zero-order chi connectivity index (χ0) is 55.7. The van der Waals surface area contributed by atoms with Gasteiger partial charge in [0, 0.05) is 12.8 Å². The van der Waals surface area contributed by atoms with Crippen LogP contribution in [0.5, 0.6) is 0 Å². The number of hydrogen-bond donors (Lipinski definition) is 3. The Morgan fingerprint density at radius 2 is 0.649 bits per heavy atom. The number of aliphatic hydroxyl groups excluding tert-OH is 2. The lowest BCUT2D eigenvalue weighted by Gasteiger charge is -2.22. The Hall–Kier alpha value is -1.92. The van der Waals surface area contributed by atoms with E-state index < -0.39 is 12.1 Å². The summed E-state index contributed by atoms with van der Waals surface area (Å²) in [5, 5.41) is 23.4. The highest BCUT2D eigenvalue weighted by Crippen LogP contribution is 2.18. The number of aliphatic hydroxyl groups is 2. The van der Waals surface area contributed by atoms with Crippen LogP contribution in [0.25, 0.3) is 0 Å². The first-order chi connectivity index (χ1) is 38.0. The molecule has 77 heavy (non-hydrogen) atoms. The van der Waals surface area contributed by atoms with Crippen molar-refractivity contribution >= 4 is 11.9 Å². The summed E-state index contributed by atoms with van der Waals surface area (Å²) in [7, 11) is 0. The standard InChI is InChI=1S/C71H135NO5/c1-3-5-7-9-11-13-15-17-19-21-23-24-25-26-27-28-29-31-35-39-43-47-51-55-59-63-69(74)68(67-73)72-70(75)64-60-56-52-48-44-40-36-32-30-34-38-42-46-50-54-58-62-66-77-71(76)65-61-57-53-49-45-41-37-33-22-20-18-16-14-12-10-8-6-4-2/h14,16,20,22,30,34,68-69,73-74H,3-13,15,17-19,21,23-29,31-33,35-67H2,1-2H3,(H,72,75)/b16-14-,22-20-,34-30-. The largest absolute Gasteiger partial charge is 0.466 e. The highest BCUT2D eigenvalue weighted by molar-refractivity contribution is 5.76. The lowest BCUT2D eigenvalue weighted by Crippen LogP contribution is -2.45. The predicted molar refractivity (Wildman–Crippen MR) is 338 cm³/mol. The van der Waals surface area contributed by atoms with E-state index in [1.54, 1.807) is 0 Å². The summed E-state index contributed by atoms with van der Waals surface area (Å²) in [6, 6.07) is -0.553. The van der Waals surface area contributed by atoms with Crippen LogP contribution in [0, 0.1) is 0 Å². The number of allylic oxidation sites excluding steroid dienone is 6. The second-order valence-corrected chi connectivity index (χ2v) is 23.9. The van der Waals surface area contributed by atoms with Crippen molar-refractivity contribution in [2.75, 3.05) is 13.2 Å². The second kappa shape index (κ2) is 66.6. The zero-order valence-electron chi connectivity index (χ0n) is 52.0. The first-order valence-corrected chi connectivity index (χ1v) is 34.7. The van der Waals surface area contributed by atoms with Gasteiger partial charge in [0.1, 0.15) is 0 Å². The molecule has 0 bridgehead atoms. The topological polar surface area (TPSA) is 95.9 Å². The molecule has 2 atom stereocenters. The van der Waals surface area contributed by atoms with Crippen LogP contribution in [0.4, 0.5) is 0 Å². The molecule has 0 saturated heterocycles. The van der Waals surface area contributed by atoms with E-state index in [1.807, 2.05) is 0 Å². The number of nitrogens with one attached hydrogen (secondary N) is 1. The molecule has 6 heteroatoms. The summed E-state index contributed by atoms with van der Waals surface area (Å²) >= 11 is 0. The van der Waals surface area contributed by atoms with Crippen molar-refractivity contribution in [3.63, 3.8) is 0 Å². The minimum Gasteiger partial charge on any atom is -0.466 e. The fourth-order valence-corrected chi connectivity index (χ4v) is 10.8. The number of ether oxygens (including phenoxy) is 1. The van der Waals surface area contributed by atoms with E-state index in [1.165, 1.54) is 283 Å². The fraction of sp³-hybridized carbons (Fsp3) is 0.887. The zero-order valence-corrected chi connectivity index (χ0v) is 52.0. The average Bonchev–Trinajstić information content (AvgIpc) is 3.43. The van der Waals surface area contributed by atoms with Gasteiger partial charge in [-0.1, -0.05) is 320 Å². The number of unbranched alkanes of at least 4 members (excludes halogenated alkanes) is 48. The first-order valence-electron chi connectivity index (χ1n) is 34.7. The third kappa shape index (κ3) is 63.1. The molecule has 0 rings (SSSR count). The van der Waals surface area contributed by atoms with Gasteiger partial charge < -0.3 is 20.3 Å². The summed E-state index contributed by atoms with van der Waals surface area (Å²) in [6.07, 6.45) is 84.6. The van der Waals surface area contributed by atoms with Gasteiger partial charge in [-0.2, -0.15) is 0 Å². The number of carbonyl (C=O) groups is 2. The Kier molecular flexibility index (Phi) is 64.9. The van der Waals surface area contributed by atoms with Gasteiger partial charge in [0.05, 0.1) is 25.4 Å². The maximum Gasteiger partial charge on any atom is 0.305 e. The number of rotatable bonds is 65. The van der Waals surface area contributed by atoms with Gasteiger partial charge >= 0.3 is 5.97 Å². The molecule has 6 nitrogen and oxygen atoms in total. The van der Waals surface area contributed by atoms with Crippen LogP contribution in [0.15, 0.2) is 36.5 Å². The van der Waals surface area contributed by atoms with Crippen LogP contribution in [0.3, 0.4) is 0 Å². The third-order valence-electron chi connectivity index (χ3n) is 16.2. The van der Waals surface area contributed by atoms with Crippen molar-refractivity contribution in [1.82, 2.24) is 5.32 Å². The summed E-state index contributed by atoms with van der Waals surface area (Å²) < 4.78 is 5.49. The van der Waals surface area contributed by atoms with E-state index in [4.69, 9.17) is 4.74 Å². The number of carbonyl (C=O) groups excluding carboxylic acids is 2. The van der Waals surface area contributed by atoms with Crippen LogP contribution < -0.4 is 5.32 Å².